The first-order chi connectivity index (χ1) is 39.0. The van der Waals surface area contributed by atoms with Gasteiger partial charge in [-0.2, -0.15) is 0 Å². The number of hydrogen-bond acceptors (Lipinski definition) is 6. The molecule has 0 amide bonds. The fourth-order valence-electron chi connectivity index (χ4n) is 8.79. The summed E-state index contributed by atoms with van der Waals surface area (Å²) in [5.74, 6) is -0.928. The van der Waals surface area contributed by atoms with E-state index in [0.717, 1.165) is 154 Å². The lowest BCUT2D eigenvalue weighted by Gasteiger charge is -2.18. The molecule has 0 fully saturated rings. The largest absolute Gasteiger partial charge is 0.462 e. The lowest BCUT2D eigenvalue weighted by molar-refractivity contribution is -0.167. The summed E-state index contributed by atoms with van der Waals surface area (Å²) in [5.41, 5.74) is 0. The van der Waals surface area contributed by atoms with Crippen LogP contribution in [0.1, 0.15) is 290 Å². The van der Waals surface area contributed by atoms with Crippen molar-refractivity contribution < 1.29 is 28.6 Å². The summed E-state index contributed by atoms with van der Waals surface area (Å²) in [6.45, 7) is 6.39. The van der Waals surface area contributed by atoms with Gasteiger partial charge in [-0.1, -0.05) is 270 Å². The molecule has 0 aromatic rings. The third-order valence-electron chi connectivity index (χ3n) is 13.6. The number of allylic oxidation sites excluding steroid dienone is 22. The minimum atomic E-state index is -0.802. The highest BCUT2D eigenvalue weighted by atomic mass is 16.6. The van der Waals surface area contributed by atoms with Crippen LogP contribution in [0.4, 0.5) is 0 Å². The van der Waals surface area contributed by atoms with E-state index in [1.54, 1.807) is 0 Å². The van der Waals surface area contributed by atoms with Crippen LogP contribution < -0.4 is 0 Å². The second-order valence-corrected chi connectivity index (χ2v) is 21.3. The molecule has 0 radical (unpaired) electrons. The normalized spacial score (nSPS) is 13.0. The molecule has 0 saturated heterocycles. The van der Waals surface area contributed by atoms with E-state index in [2.05, 4.69) is 154 Å². The van der Waals surface area contributed by atoms with Crippen LogP contribution in [0.15, 0.2) is 134 Å². The Bertz CT molecular complexity index is 1680. The Hall–Kier alpha value is -4.45. The van der Waals surface area contributed by atoms with Gasteiger partial charge in [0.05, 0.1) is 0 Å². The zero-order chi connectivity index (χ0) is 57.1. The summed E-state index contributed by atoms with van der Waals surface area (Å²) in [5, 5.41) is 0. The monoisotopic (exact) mass is 1090 g/mol. The molecule has 0 N–H and O–H groups in total. The highest BCUT2D eigenvalue weighted by Crippen LogP contribution is 2.15. The smallest absolute Gasteiger partial charge is 0.306 e. The lowest BCUT2D eigenvalue weighted by Crippen LogP contribution is -2.30. The molecule has 1 unspecified atom stereocenters. The standard InChI is InChI=1S/C73H120O6/c1-4-7-10-13-16-19-22-25-28-31-34-35-36-37-40-42-45-48-51-54-57-60-63-66-72(75)78-69-70(79-73(76)67-64-61-58-55-52-49-46-43-39-33-30-27-24-21-18-15-12-9-6-3)68-77-71(74)65-62-59-56-53-50-47-44-41-38-32-29-26-23-20-17-14-11-8-5-2/h8-9,11-12,17-18,20-22,25-27,29-31,34,36-39,41,43,70H,4-7,10,13-16,19,23-24,28,32-33,35,40,42,44-69H2,1-3H3/b11-8-,12-9-,20-17-,21-18-,25-22-,29-26-,30-27-,34-31-,37-36-,41-38-,43-39-. The Kier molecular flexibility index (Phi) is 62.3. The second-order valence-electron chi connectivity index (χ2n) is 21.3. The Labute approximate surface area is 487 Å². The highest BCUT2D eigenvalue weighted by molar-refractivity contribution is 5.71. The molecule has 0 aromatic heterocycles. The third-order valence-corrected chi connectivity index (χ3v) is 13.6. The molecule has 448 valence electrons. The molecular weight excluding hydrogens is 973 g/mol. The van der Waals surface area contributed by atoms with Crippen molar-refractivity contribution in [3.8, 4) is 0 Å². The van der Waals surface area contributed by atoms with Gasteiger partial charge in [0.25, 0.3) is 0 Å². The van der Waals surface area contributed by atoms with Gasteiger partial charge in [-0.05, 0) is 135 Å². The maximum Gasteiger partial charge on any atom is 0.306 e. The van der Waals surface area contributed by atoms with Crippen molar-refractivity contribution in [3.63, 3.8) is 0 Å². The topological polar surface area (TPSA) is 78.9 Å². The fraction of sp³-hybridized carbons (Fsp3) is 0.658. The molecule has 6 heteroatoms. The Morgan fingerprint density at radius 1 is 0.266 bits per heavy atom. The number of carbonyl (C=O) groups is 3. The van der Waals surface area contributed by atoms with Crippen LogP contribution in [0, 0.1) is 0 Å². The molecule has 0 aromatic carbocycles. The molecule has 1 atom stereocenters. The highest BCUT2D eigenvalue weighted by Gasteiger charge is 2.19. The summed E-state index contributed by atoms with van der Waals surface area (Å²) in [7, 11) is 0. The van der Waals surface area contributed by atoms with Crippen molar-refractivity contribution in [3.05, 3.63) is 134 Å². The SMILES string of the molecule is CC/C=C\C/C=C\C/C=C\C/C=C\CCCCCCCCC(=O)OCC(COC(=O)CCCCCCCCCC/C=C\C/C=C\C/C=C\CCCCCCC)OC(=O)CCCCCCCC/C=C\C/C=C\C/C=C\C/C=C\CC. The minimum Gasteiger partial charge on any atom is -0.462 e. The van der Waals surface area contributed by atoms with Crippen LogP contribution >= 0.6 is 0 Å². The van der Waals surface area contributed by atoms with Gasteiger partial charge in [0.1, 0.15) is 13.2 Å². The molecule has 0 spiro atoms. The van der Waals surface area contributed by atoms with Gasteiger partial charge in [0.2, 0.25) is 0 Å². The van der Waals surface area contributed by atoms with Crippen LogP contribution in [0.3, 0.4) is 0 Å². The molecule has 0 aliphatic rings. The molecule has 0 rings (SSSR count). The van der Waals surface area contributed by atoms with Crippen molar-refractivity contribution in [2.45, 2.75) is 297 Å². The number of hydrogen-bond donors (Lipinski definition) is 0. The van der Waals surface area contributed by atoms with E-state index in [1.807, 2.05) is 0 Å². The fourth-order valence-corrected chi connectivity index (χ4v) is 8.79. The molecule has 0 aliphatic carbocycles. The minimum absolute atomic E-state index is 0.0963. The van der Waals surface area contributed by atoms with E-state index in [1.165, 1.54) is 96.3 Å². The number of esters is 3. The van der Waals surface area contributed by atoms with Gasteiger partial charge in [-0.25, -0.2) is 0 Å². The zero-order valence-electron chi connectivity index (χ0n) is 51.3. The van der Waals surface area contributed by atoms with E-state index in [4.69, 9.17) is 14.2 Å². The van der Waals surface area contributed by atoms with Crippen molar-refractivity contribution >= 4 is 17.9 Å². The second kappa shape index (κ2) is 66.1. The van der Waals surface area contributed by atoms with Gasteiger partial charge in [0, 0.05) is 19.3 Å². The molecule has 0 aliphatic heterocycles. The summed E-state index contributed by atoms with van der Waals surface area (Å²) < 4.78 is 16.9. The van der Waals surface area contributed by atoms with Crippen LogP contribution in [-0.2, 0) is 28.6 Å². The summed E-state index contributed by atoms with van der Waals surface area (Å²) >= 11 is 0. The van der Waals surface area contributed by atoms with E-state index in [9.17, 15) is 14.4 Å². The summed E-state index contributed by atoms with van der Waals surface area (Å²) in [6.07, 6.45) is 93.0. The quantitative estimate of drug-likeness (QED) is 0.0261. The third kappa shape index (κ3) is 64.3. The maximum atomic E-state index is 12.9. The van der Waals surface area contributed by atoms with Gasteiger partial charge in [0.15, 0.2) is 6.10 Å². The Balaban J connectivity index is 4.46. The van der Waals surface area contributed by atoms with Crippen molar-refractivity contribution in [2.24, 2.45) is 0 Å². The molecule has 0 heterocycles. The number of carbonyl (C=O) groups excluding carboxylic acids is 3. The molecule has 0 saturated carbocycles. The van der Waals surface area contributed by atoms with Crippen LogP contribution in [-0.4, -0.2) is 37.2 Å². The maximum absolute atomic E-state index is 12.9. The van der Waals surface area contributed by atoms with Crippen molar-refractivity contribution in [1.29, 1.82) is 0 Å². The van der Waals surface area contributed by atoms with Crippen molar-refractivity contribution in [2.75, 3.05) is 13.2 Å². The van der Waals surface area contributed by atoms with Gasteiger partial charge in [-0.3, -0.25) is 14.4 Å². The van der Waals surface area contributed by atoms with Crippen LogP contribution in [0.5, 0.6) is 0 Å². The predicted molar refractivity (Wildman–Crippen MR) is 343 cm³/mol. The Morgan fingerprint density at radius 3 is 0.772 bits per heavy atom. The molecule has 6 nitrogen and oxygen atoms in total. The first-order valence-electron chi connectivity index (χ1n) is 32.7. The number of rotatable bonds is 58. The van der Waals surface area contributed by atoms with Gasteiger partial charge in [-0.15, -0.1) is 0 Å². The first-order valence-corrected chi connectivity index (χ1v) is 32.7. The van der Waals surface area contributed by atoms with Crippen LogP contribution in [0.2, 0.25) is 0 Å². The number of unbranched alkanes of at least 4 members (excludes halogenated alkanes) is 25. The van der Waals surface area contributed by atoms with Gasteiger partial charge < -0.3 is 14.2 Å². The molecular formula is C73H120O6. The van der Waals surface area contributed by atoms with Crippen LogP contribution in [0.25, 0.3) is 0 Å². The van der Waals surface area contributed by atoms with E-state index in [0.29, 0.717) is 19.3 Å². The Morgan fingerprint density at radius 2 is 0.494 bits per heavy atom. The number of ether oxygens (including phenoxy) is 3. The lowest BCUT2D eigenvalue weighted by atomic mass is 10.1. The van der Waals surface area contributed by atoms with Crippen molar-refractivity contribution in [1.82, 2.24) is 0 Å². The van der Waals surface area contributed by atoms with E-state index < -0.39 is 6.10 Å². The van der Waals surface area contributed by atoms with E-state index in [-0.39, 0.29) is 31.1 Å². The van der Waals surface area contributed by atoms with Gasteiger partial charge >= 0.3 is 17.9 Å². The molecule has 0 bridgehead atoms. The first kappa shape index (κ1) is 74.5. The average Bonchev–Trinajstić information content (AvgIpc) is 3.45. The summed E-state index contributed by atoms with van der Waals surface area (Å²) in [6, 6.07) is 0. The van der Waals surface area contributed by atoms with E-state index >= 15 is 0 Å². The summed E-state index contributed by atoms with van der Waals surface area (Å²) in [4.78, 5) is 38.4. The zero-order valence-corrected chi connectivity index (χ0v) is 51.3. The average molecular weight is 1090 g/mol. The predicted octanol–water partition coefficient (Wildman–Crippen LogP) is 22.5. The molecule has 79 heavy (non-hydrogen) atoms.